The average molecular weight is 1050 g/mol. The lowest BCUT2D eigenvalue weighted by molar-refractivity contribution is 0.335. The zero-order valence-electron chi connectivity index (χ0n) is 35.5. The topological polar surface area (TPSA) is 285 Å². The molecule has 0 fully saturated rings. The lowest BCUT2D eigenvalue weighted by Crippen LogP contribution is -2.14. The summed E-state index contributed by atoms with van der Waals surface area (Å²) in [6.07, 6.45) is 0.873. The van der Waals surface area contributed by atoms with Crippen LogP contribution in [0.1, 0.15) is 22.3 Å². The van der Waals surface area contributed by atoms with Gasteiger partial charge in [-0.3, -0.25) is 8.57 Å². The van der Waals surface area contributed by atoms with Gasteiger partial charge < -0.3 is 16.7 Å². The fourth-order valence-corrected chi connectivity index (χ4v) is 11.0. The third kappa shape index (κ3) is 12.6. The van der Waals surface area contributed by atoms with Crippen LogP contribution in [-0.4, -0.2) is 62.9 Å². The van der Waals surface area contributed by atoms with Crippen molar-refractivity contribution in [2.45, 2.75) is 57.1 Å². The smallest absolute Gasteiger partial charge is 0.362 e. The van der Waals surface area contributed by atoms with Gasteiger partial charge in [-0.2, -0.15) is 50.5 Å². The Hall–Kier alpha value is -6.84. The van der Waals surface area contributed by atoms with Crippen molar-refractivity contribution in [3.8, 4) is 23.0 Å². The van der Waals surface area contributed by atoms with Crippen LogP contribution in [0.4, 0.5) is 0 Å². The molecule has 20 nitrogen and oxygen atoms in total. The highest BCUT2D eigenvalue weighted by molar-refractivity contribution is 7.89. The molecule has 0 atom stereocenters. The molecule has 6 aromatic rings. The van der Waals surface area contributed by atoms with Crippen LogP contribution in [0.3, 0.4) is 0 Å². The molecule has 0 unspecified atom stereocenters. The molecule has 0 aliphatic rings. The Morgan fingerprint density at radius 3 is 0.838 bits per heavy atom. The van der Waals surface area contributed by atoms with Gasteiger partial charge in [0.25, 0.3) is 0 Å². The zero-order chi connectivity index (χ0) is 49.7. The van der Waals surface area contributed by atoms with Crippen LogP contribution in [0, 0.1) is 27.7 Å². The molecular formula is C42H36N2O18S6. The van der Waals surface area contributed by atoms with Gasteiger partial charge in [-0.05, 0) is 100 Å². The Balaban J connectivity index is 1.27. The summed E-state index contributed by atoms with van der Waals surface area (Å²) in [7, 11) is -29.1. The van der Waals surface area contributed by atoms with Crippen LogP contribution in [0.5, 0.6) is 23.0 Å². The molecule has 26 heteroatoms. The third-order valence-electron chi connectivity index (χ3n) is 8.89. The zero-order valence-corrected chi connectivity index (χ0v) is 40.4. The Kier molecular flexibility index (Phi) is 14.7. The first kappa shape index (κ1) is 50.6. The lowest BCUT2D eigenvalue weighted by Gasteiger charge is -2.13. The fourth-order valence-electron chi connectivity index (χ4n) is 5.41. The van der Waals surface area contributed by atoms with Crippen LogP contribution in [-0.2, 0) is 69.3 Å². The van der Waals surface area contributed by atoms with Gasteiger partial charge in [-0.15, -0.1) is 0 Å². The van der Waals surface area contributed by atoms with Crippen molar-refractivity contribution in [3.63, 3.8) is 0 Å². The highest BCUT2D eigenvalue weighted by Gasteiger charge is 2.31. The van der Waals surface area contributed by atoms with E-state index in [4.69, 9.17) is 16.7 Å². The molecule has 0 bridgehead atoms. The third-order valence-corrected chi connectivity index (χ3v) is 16.2. The number of rotatable bonds is 19. The van der Waals surface area contributed by atoms with Crippen molar-refractivity contribution in [2.24, 2.45) is 10.3 Å². The van der Waals surface area contributed by atoms with E-state index in [2.05, 4.69) is 18.9 Å². The number of hydrogen-bond acceptors (Lipinski definition) is 20. The monoisotopic (exact) mass is 1050 g/mol. The molecule has 0 saturated heterocycles. The SMILES string of the molecule is Cc1ccc(S(=O)(=O)Oc2ccc(OS(=O)(=O)c3ccc(C)cc3)c(S(=O)(=O)O/N=C/C=N/OS(=O)(=O)c3cc(OS(=O)(=O)c4ccc(C)cc4)ccc3OS(=O)(=O)c3ccc(C)cc3)c2)cc1. The van der Waals surface area contributed by atoms with E-state index in [1.165, 1.54) is 97.1 Å². The molecule has 358 valence electrons. The lowest BCUT2D eigenvalue weighted by atomic mass is 10.2. The maximum Gasteiger partial charge on any atom is 0.362 e. The Morgan fingerprint density at radius 2 is 0.574 bits per heavy atom. The molecule has 68 heavy (non-hydrogen) atoms. The first-order valence-corrected chi connectivity index (χ1v) is 27.5. The summed E-state index contributed by atoms with van der Waals surface area (Å²) in [6.45, 7) is 6.79. The maximum atomic E-state index is 13.5. The van der Waals surface area contributed by atoms with E-state index in [1.807, 2.05) is 0 Å². The van der Waals surface area contributed by atoms with E-state index >= 15 is 0 Å². The Labute approximate surface area is 392 Å². The number of benzene rings is 6. The van der Waals surface area contributed by atoms with Crippen LogP contribution >= 0.6 is 0 Å². The molecule has 0 aliphatic carbocycles. The van der Waals surface area contributed by atoms with Gasteiger partial charge in [0.15, 0.2) is 21.3 Å². The summed E-state index contributed by atoms with van der Waals surface area (Å²) in [6, 6.07) is 26.0. The van der Waals surface area contributed by atoms with Crippen molar-refractivity contribution < 1.29 is 75.8 Å². The van der Waals surface area contributed by atoms with Gasteiger partial charge in [0.2, 0.25) is 0 Å². The number of nitrogens with zero attached hydrogens (tertiary/aromatic N) is 2. The molecule has 0 saturated carbocycles. The predicted molar refractivity (Wildman–Crippen MR) is 242 cm³/mol. The number of oxime groups is 2. The molecular weight excluding hydrogens is 1010 g/mol. The number of hydrogen-bond donors (Lipinski definition) is 0. The summed E-state index contributed by atoms with van der Waals surface area (Å²) in [5.74, 6) is -3.03. The van der Waals surface area contributed by atoms with Crippen LogP contribution < -0.4 is 16.7 Å². The minimum absolute atomic E-state index is 0.303. The largest absolute Gasteiger partial charge is 0.379 e. The van der Waals surface area contributed by atoms with Crippen molar-refractivity contribution in [1.82, 2.24) is 0 Å². The predicted octanol–water partition coefficient (Wildman–Crippen LogP) is 6.07. The van der Waals surface area contributed by atoms with Crippen molar-refractivity contribution in [3.05, 3.63) is 156 Å². The molecule has 0 heterocycles. The van der Waals surface area contributed by atoms with E-state index in [0.717, 1.165) is 35.4 Å². The van der Waals surface area contributed by atoms with Gasteiger partial charge in [-0.1, -0.05) is 81.1 Å². The molecule has 0 spiro atoms. The van der Waals surface area contributed by atoms with Gasteiger partial charge in [0.05, 0.1) is 12.4 Å². The summed E-state index contributed by atoms with van der Waals surface area (Å²) in [5.41, 5.74) is 2.83. The molecule has 0 N–H and O–H groups in total. The van der Waals surface area contributed by atoms with Crippen molar-refractivity contribution in [2.75, 3.05) is 0 Å². The Bertz CT molecular complexity index is 3360. The first-order valence-electron chi connectivity index (χ1n) is 19.0. The fraction of sp³-hybridized carbons (Fsp3) is 0.0952. The van der Waals surface area contributed by atoms with E-state index in [9.17, 15) is 50.5 Å². The van der Waals surface area contributed by atoms with Gasteiger partial charge in [0, 0.05) is 12.1 Å². The van der Waals surface area contributed by atoms with Crippen molar-refractivity contribution >= 4 is 73.1 Å². The molecule has 0 amide bonds. The second-order valence-electron chi connectivity index (χ2n) is 14.2. The average Bonchev–Trinajstić information content (AvgIpc) is 3.26. The summed E-state index contributed by atoms with van der Waals surface area (Å²) < 4.78 is 189. The van der Waals surface area contributed by atoms with Gasteiger partial charge >= 0.3 is 60.7 Å². The van der Waals surface area contributed by atoms with E-state index < -0.39 is 93.5 Å². The highest BCUT2D eigenvalue weighted by atomic mass is 32.2. The quantitative estimate of drug-likeness (QED) is 0.0505. The second-order valence-corrected chi connectivity index (χ2v) is 23.4. The molecule has 0 radical (unpaired) electrons. The molecule has 0 aromatic heterocycles. The minimum Gasteiger partial charge on any atom is -0.379 e. The second kappa shape index (κ2) is 19.8. The summed E-state index contributed by atoms with van der Waals surface area (Å²) >= 11 is 0. The highest BCUT2D eigenvalue weighted by Crippen LogP contribution is 2.35. The van der Waals surface area contributed by atoms with E-state index in [0.29, 0.717) is 35.7 Å². The van der Waals surface area contributed by atoms with E-state index in [1.54, 1.807) is 27.7 Å². The van der Waals surface area contributed by atoms with Crippen LogP contribution in [0.25, 0.3) is 0 Å². The van der Waals surface area contributed by atoms with Crippen LogP contribution in [0.15, 0.2) is 173 Å². The van der Waals surface area contributed by atoms with Gasteiger partial charge in [0.1, 0.15) is 31.1 Å². The Morgan fingerprint density at radius 1 is 0.324 bits per heavy atom. The summed E-state index contributed by atoms with van der Waals surface area (Å²) in [5, 5.41) is 6.36. The molecule has 6 rings (SSSR count). The first-order chi connectivity index (χ1) is 31.8. The minimum atomic E-state index is -5.27. The standard InChI is InChI=1S/C42H36N2O18S6/c1-29-5-15-35(16-6-29)63(45,46)57-33-13-23-39(59-65(49,50)37-19-9-31(3)10-20-37)41(27-33)67(53,54)61-43-25-26-44-62-68(55,56)42-28-34(58-64(47,48)36-17-7-30(2)8-18-36)14-24-40(42)60-66(51,52)38-21-11-32(4)12-22-38/h5-28H,1-4H3/b43-25+,44-26+. The van der Waals surface area contributed by atoms with E-state index in [-0.39, 0.29) is 19.6 Å². The molecule has 0 aliphatic heterocycles. The molecule has 6 aromatic carbocycles. The number of aryl methyl sites for hydroxylation is 4. The summed E-state index contributed by atoms with van der Waals surface area (Å²) in [4.78, 5) is -3.56. The van der Waals surface area contributed by atoms with Crippen molar-refractivity contribution in [1.29, 1.82) is 0 Å². The van der Waals surface area contributed by atoms with Gasteiger partial charge in [-0.25, -0.2) is 0 Å². The van der Waals surface area contributed by atoms with Crippen LogP contribution in [0.2, 0.25) is 0 Å². The normalized spacial score (nSPS) is 12.7. The maximum absolute atomic E-state index is 13.5.